The molecular formula is C9H14BrN3S. The predicted octanol–water partition coefficient (Wildman–Crippen LogP) is 1.70. The summed E-state index contributed by atoms with van der Waals surface area (Å²) in [5.41, 5.74) is 0. The van der Waals surface area contributed by atoms with E-state index in [0.717, 1.165) is 30.0 Å². The molecule has 1 aliphatic rings. The van der Waals surface area contributed by atoms with Crippen molar-refractivity contribution in [3.63, 3.8) is 0 Å². The van der Waals surface area contributed by atoms with Crippen molar-refractivity contribution in [3.05, 3.63) is 15.0 Å². The molecule has 2 rings (SSSR count). The van der Waals surface area contributed by atoms with E-state index in [1.54, 1.807) is 11.3 Å². The van der Waals surface area contributed by atoms with Gasteiger partial charge in [0.1, 0.15) is 5.01 Å². The van der Waals surface area contributed by atoms with Gasteiger partial charge in [-0.25, -0.2) is 4.98 Å². The van der Waals surface area contributed by atoms with Crippen molar-refractivity contribution in [2.45, 2.75) is 19.5 Å². The summed E-state index contributed by atoms with van der Waals surface area (Å²) in [6, 6.07) is 0.604. The monoisotopic (exact) mass is 275 g/mol. The Kier molecular flexibility index (Phi) is 3.54. The normalized spacial score (nSPS) is 24.0. The summed E-state index contributed by atoms with van der Waals surface area (Å²) < 4.78 is 1.12. The lowest BCUT2D eigenvalue weighted by Gasteiger charge is -2.30. The topological polar surface area (TPSA) is 28.2 Å². The number of nitrogens with zero attached hydrogens (tertiary/aromatic N) is 2. The van der Waals surface area contributed by atoms with Crippen LogP contribution in [0.5, 0.6) is 0 Å². The van der Waals surface area contributed by atoms with Crippen LogP contribution in [-0.2, 0) is 6.54 Å². The molecule has 1 atom stereocenters. The van der Waals surface area contributed by atoms with Gasteiger partial charge in [-0.1, -0.05) is 0 Å². The van der Waals surface area contributed by atoms with Gasteiger partial charge < -0.3 is 5.32 Å². The van der Waals surface area contributed by atoms with Gasteiger partial charge in [-0.3, -0.25) is 4.90 Å². The van der Waals surface area contributed by atoms with Crippen LogP contribution in [0.15, 0.2) is 9.98 Å². The molecule has 1 fully saturated rings. The van der Waals surface area contributed by atoms with E-state index in [2.05, 4.69) is 38.1 Å². The molecule has 78 valence electrons. The Bertz CT molecular complexity index is 302. The first kappa shape index (κ1) is 10.5. The highest BCUT2D eigenvalue weighted by atomic mass is 79.9. The molecule has 2 heterocycles. The maximum absolute atomic E-state index is 4.34. The highest BCUT2D eigenvalue weighted by Gasteiger charge is 2.16. The number of aromatic nitrogens is 1. The molecule has 0 spiro atoms. The number of hydrogen-bond acceptors (Lipinski definition) is 4. The lowest BCUT2D eigenvalue weighted by Crippen LogP contribution is -2.48. The number of piperazine rings is 1. The van der Waals surface area contributed by atoms with E-state index < -0.39 is 0 Å². The maximum atomic E-state index is 4.34. The van der Waals surface area contributed by atoms with Crippen LogP contribution in [-0.4, -0.2) is 35.6 Å². The molecule has 3 nitrogen and oxygen atoms in total. The number of nitrogens with one attached hydrogen (secondary N) is 1. The molecule has 0 radical (unpaired) electrons. The minimum atomic E-state index is 0.604. The van der Waals surface area contributed by atoms with Gasteiger partial charge in [0.2, 0.25) is 0 Å². The maximum Gasteiger partial charge on any atom is 0.108 e. The van der Waals surface area contributed by atoms with Gasteiger partial charge in [0.05, 0.1) is 16.5 Å². The van der Waals surface area contributed by atoms with Gasteiger partial charge in [0.25, 0.3) is 0 Å². The van der Waals surface area contributed by atoms with Crippen molar-refractivity contribution in [1.29, 1.82) is 0 Å². The molecule has 1 unspecified atom stereocenters. The molecule has 0 aliphatic carbocycles. The number of rotatable bonds is 2. The lowest BCUT2D eigenvalue weighted by molar-refractivity contribution is 0.199. The predicted molar refractivity (Wildman–Crippen MR) is 62.6 cm³/mol. The highest BCUT2D eigenvalue weighted by Crippen LogP contribution is 2.20. The van der Waals surface area contributed by atoms with Crippen LogP contribution in [0.1, 0.15) is 11.9 Å². The molecule has 0 amide bonds. The van der Waals surface area contributed by atoms with Gasteiger partial charge in [0.15, 0.2) is 0 Å². The number of hydrogen-bond donors (Lipinski definition) is 1. The molecule has 5 heteroatoms. The Balaban J connectivity index is 1.90. The van der Waals surface area contributed by atoms with Gasteiger partial charge in [-0.2, -0.15) is 0 Å². The summed E-state index contributed by atoms with van der Waals surface area (Å²) in [5.74, 6) is 0. The zero-order valence-electron chi connectivity index (χ0n) is 8.16. The minimum Gasteiger partial charge on any atom is -0.312 e. The fourth-order valence-electron chi connectivity index (χ4n) is 1.71. The van der Waals surface area contributed by atoms with Crippen LogP contribution in [0.25, 0.3) is 0 Å². The van der Waals surface area contributed by atoms with Crippen LogP contribution in [0.4, 0.5) is 0 Å². The van der Waals surface area contributed by atoms with Crippen LogP contribution in [0.2, 0.25) is 0 Å². The van der Waals surface area contributed by atoms with Crippen LogP contribution >= 0.6 is 27.3 Å². The molecule has 1 aliphatic heterocycles. The van der Waals surface area contributed by atoms with E-state index in [0.29, 0.717) is 6.04 Å². The SMILES string of the molecule is CC1CN(Cc2ncc(Br)s2)CCN1. The fourth-order valence-corrected chi connectivity index (χ4v) is 3.05. The number of thiazole rings is 1. The van der Waals surface area contributed by atoms with Crippen LogP contribution in [0.3, 0.4) is 0 Å². The second-order valence-corrected chi connectivity index (χ2v) is 6.14. The third kappa shape index (κ3) is 2.76. The van der Waals surface area contributed by atoms with Crippen molar-refractivity contribution in [2.24, 2.45) is 0 Å². The Labute approximate surface area is 96.7 Å². The third-order valence-corrected chi connectivity index (χ3v) is 3.80. The van der Waals surface area contributed by atoms with E-state index in [1.807, 2.05) is 6.20 Å². The molecule has 1 saturated heterocycles. The summed E-state index contributed by atoms with van der Waals surface area (Å²) in [4.78, 5) is 6.80. The van der Waals surface area contributed by atoms with Crippen molar-refractivity contribution in [2.75, 3.05) is 19.6 Å². The highest BCUT2D eigenvalue weighted by molar-refractivity contribution is 9.11. The molecule has 0 saturated carbocycles. The van der Waals surface area contributed by atoms with Crippen molar-refractivity contribution < 1.29 is 0 Å². The van der Waals surface area contributed by atoms with Gasteiger partial charge >= 0.3 is 0 Å². The zero-order chi connectivity index (χ0) is 9.97. The summed E-state index contributed by atoms with van der Waals surface area (Å²) >= 11 is 5.16. The second-order valence-electron chi connectivity index (χ2n) is 3.65. The number of halogens is 1. The molecule has 0 aromatic carbocycles. The first-order valence-electron chi connectivity index (χ1n) is 4.80. The summed E-state index contributed by atoms with van der Waals surface area (Å²) in [7, 11) is 0. The largest absolute Gasteiger partial charge is 0.312 e. The molecule has 14 heavy (non-hydrogen) atoms. The standard InChI is InChI=1S/C9H14BrN3S/c1-7-5-13(3-2-11-7)6-9-12-4-8(10)14-9/h4,7,11H,2-3,5-6H2,1H3. The third-order valence-electron chi connectivity index (χ3n) is 2.34. The first-order chi connectivity index (χ1) is 6.74. The molecule has 1 N–H and O–H groups in total. The van der Waals surface area contributed by atoms with Gasteiger partial charge in [0, 0.05) is 25.7 Å². The summed E-state index contributed by atoms with van der Waals surface area (Å²) in [6.45, 7) is 6.55. The average Bonchev–Trinajstić information content (AvgIpc) is 2.51. The zero-order valence-corrected chi connectivity index (χ0v) is 10.6. The van der Waals surface area contributed by atoms with E-state index in [9.17, 15) is 0 Å². The molecular weight excluding hydrogens is 262 g/mol. The van der Waals surface area contributed by atoms with Gasteiger partial charge in [-0.05, 0) is 22.9 Å². The lowest BCUT2D eigenvalue weighted by atomic mass is 10.2. The quantitative estimate of drug-likeness (QED) is 0.891. The van der Waals surface area contributed by atoms with Crippen molar-refractivity contribution in [3.8, 4) is 0 Å². The van der Waals surface area contributed by atoms with Gasteiger partial charge in [-0.15, -0.1) is 11.3 Å². The van der Waals surface area contributed by atoms with Crippen LogP contribution in [0, 0.1) is 0 Å². The molecule has 1 aromatic heterocycles. The Hall–Kier alpha value is 0.0300. The Morgan fingerprint density at radius 1 is 1.79 bits per heavy atom. The smallest absolute Gasteiger partial charge is 0.108 e. The van der Waals surface area contributed by atoms with E-state index in [4.69, 9.17) is 0 Å². The summed E-state index contributed by atoms with van der Waals surface area (Å²) in [6.07, 6.45) is 1.88. The minimum absolute atomic E-state index is 0.604. The molecule has 0 bridgehead atoms. The molecule has 1 aromatic rings. The first-order valence-corrected chi connectivity index (χ1v) is 6.41. The Morgan fingerprint density at radius 3 is 3.29 bits per heavy atom. The fraction of sp³-hybridized carbons (Fsp3) is 0.667. The average molecular weight is 276 g/mol. The van der Waals surface area contributed by atoms with E-state index in [1.165, 1.54) is 5.01 Å². The second kappa shape index (κ2) is 4.70. The van der Waals surface area contributed by atoms with Crippen molar-refractivity contribution >= 4 is 27.3 Å². The van der Waals surface area contributed by atoms with E-state index >= 15 is 0 Å². The Morgan fingerprint density at radius 2 is 2.64 bits per heavy atom. The van der Waals surface area contributed by atoms with E-state index in [-0.39, 0.29) is 0 Å². The van der Waals surface area contributed by atoms with Crippen molar-refractivity contribution in [1.82, 2.24) is 15.2 Å². The van der Waals surface area contributed by atoms with Crippen LogP contribution < -0.4 is 5.32 Å². The summed E-state index contributed by atoms with van der Waals surface area (Å²) in [5, 5.41) is 4.63.